The van der Waals surface area contributed by atoms with Crippen LogP contribution in [-0.4, -0.2) is 34.5 Å². The smallest absolute Gasteiger partial charge is 0.450 e. The van der Waals surface area contributed by atoms with Crippen LogP contribution in [0.2, 0.25) is 0 Å². The van der Waals surface area contributed by atoms with E-state index in [9.17, 15) is 40.7 Å². The van der Waals surface area contributed by atoms with Crippen LogP contribution >= 0.6 is 0 Å². The molecule has 0 aromatic carbocycles. The number of alkyl halides is 6. The highest BCUT2D eigenvalue weighted by atomic mass is 19.4. The number of carbonyl (C=O) groups excluding carboxylic acids is 2. The summed E-state index contributed by atoms with van der Waals surface area (Å²) in [7, 11) is 0. The van der Waals surface area contributed by atoms with Crippen molar-refractivity contribution in [1.29, 1.82) is 0 Å². The van der Waals surface area contributed by atoms with Crippen LogP contribution in [-0.2, 0) is 25.9 Å². The summed E-state index contributed by atoms with van der Waals surface area (Å²) >= 11 is 0. The van der Waals surface area contributed by atoms with Crippen molar-refractivity contribution in [3.63, 3.8) is 0 Å². The molecule has 0 aliphatic carbocycles. The number of nitrogens with zero attached hydrogens (tertiary/aromatic N) is 1. The van der Waals surface area contributed by atoms with E-state index in [-0.39, 0.29) is 12.4 Å². The first kappa shape index (κ1) is 24.6. The number of hydrogen-bond acceptors (Lipinski definition) is 5. The van der Waals surface area contributed by atoms with Gasteiger partial charge in [0.2, 0.25) is 5.78 Å². The number of esters is 1. The number of ketones is 1. The number of carbonyl (C=O) groups is 2. The molecule has 0 unspecified atom stereocenters. The van der Waals surface area contributed by atoms with Crippen LogP contribution in [0.15, 0.2) is 10.9 Å². The third-order valence-corrected chi connectivity index (χ3v) is 2.67. The molecule has 154 valence electrons. The Morgan fingerprint density at radius 2 is 1.63 bits per heavy atom. The first-order valence-corrected chi connectivity index (χ1v) is 7.43. The molecule has 27 heavy (non-hydrogen) atoms. The van der Waals surface area contributed by atoms with Gasteiger partial charge in [-0.25, -0.2) is 4.98 Å². The maximum atomic E-state index is 12.3. The third-order valence-electron chi connectivity index (χ3n) is 2.67. The summed E-state index contributed by atoms with van der Waals surface area (Å²) < 4.78 is 75.6. The van der Waals surface area contributed by atoms with Crippen LogP contribution in [0.1, 0.15) is 45.6 Å². The zero-order valence-electron chi connectivity index (χ0n) is 14.8. The maximum Gasteiger partial charge on any atom is 0.450 e. The van der Waals surface area contributed by atoms with E-state index in [1.807, 2.05) is 0 Å². The monoisotopic (exact) mass is 404 g/mol. The number of ether oxygens (including phenoxy) is 1. The summed E-state index contributed by atoms with van der Waals surface area (Å²) in [5.74, 6) is -3.21. The lowest BCUT2D eigenvalue weighted by Crippen LogP contribution is -2.26. The quantitative estimate of drug-likeness (QED) is 0.475. The average molecular weight is 404 g/mol. The minimum atomic E-state index is -4.95. The van der Waals surface area contributed by atoms with E-state index in [2.05, 4.69) is 14.7 Å². The highest BCUT2D eigenvalue weighted by Gasteiger charge is 2.39. The first-order chi connectivity index (χ1) is 12.0. The Balaban J connectivity index is 0.000000516. The Bertz CT molecular complexity index is 681. The van der Waals surface area contributed by atoms with E-state index < -0.39 is 47.2 Å². The molecule has 1 aromatic rings. The molecule has 1 rings (SSSR count). The fraction of sp³-hybridized carbons (Fsp3) is 0.600. The summed E-state index contributed by atoms with van der Waals surface area (Å²) in [5.41, 5.74) is -2.57. The van der Waals surface area contributed by atoms with E-state index in [1.54, 1.807) is 20.8 Å². The lowest BCUT2D eigenvalue weighted by Gasteiger charge is -2.18. The predicted molar refractivity (Wildman–Crippen MR) is 80.9 cm³/mol. The van der Waals surface area contributed by atoms with Crippen LogP contribution < -0.4 is 5.56 Å². The maximum absolute atomic E-state index is 12.3. The standard InChI is InChI=1S/C9H11F3N2O.C6H7F3O3/c1-8(2,3)7-13-5(9(10,11)12)4-6(15)14-7;1-2-12-5(11)3-4(10)6(7,8)9/h4H,1-3H3,(H,13,14,15);2-3H2,1H3. The molecule has 0 aliphatic rings. The van der Waals surface area contributed by atoms with Gasteiger partial charge in [0.25, 0.3) is 5.56 Å². The first-order valence-electron chi connectivity index (χ1n) is 7.43. The van der Waals surface area contributed by atoms with E-state index in [0.717, 1.165) is 0 Å². The number of halogens is 6. The highest BCUT2D eigenvalue weighted by Crippen LogP contribution is 2.28. The van der Waals surface area contributed by atoms with Gasteiger partial charge >= 0.3 is 18.3 Å². The molecule has 1 aromatic heterocycles. The average Bonchev–Trinajstić information content (AvgIpc) is 2.44. The second-order valence-electron chi connectivity index (χ2n) is 6.13. The number of aromatic amines is 1. The van der Waals surface area contributed by atoms with E-state index in [0.29, 0.717) is 6.07 Å². The van der Waals surface area contributed by atoms with Gasteiger partial charge in [-0.05, 0) is 6.92 Å². The summed E-state index contributed by atoms with van der Waals surface area (Å²) in [4.78, 5) is 37.2. The molecule has 0 saturated carbocycles. The number of hydrogen-bond donors (Lipinski definition) is 1. The topological polar surface area (TPSA) is 89.1 Å². The lowest BCUT2D eigenvalue weighted by molar-refractivity contribution is -0.174. The van der Waals surface area contributed by atoms with Crippen LogP contribution in [0.25, 0.3) is 0 Å². The van der Waals surface area contributed by atoms with Crippen LogP contribution in [0.5, 0.6) is 0 Å². The van der Waals surface area contributed by atoms with Crippen molar-refractivity contribution in [3.05, 3.63) is 27.9 Å². The van der Waals surface area contributed by atoms with Gasteiger partial charge in [0.1, 0.15) is 12.2 Å². The van der Waals surface area contributed by atoms with Gasteiger partial charge < -0.3 is 9.72 Å². The number of Topliss-reactive ketones (excluding diaryl/α,β-unsaturated/α-hetero) is 1. The number of H-pyrrole nitrogens is 1. The van der Waals surface area contributed by atoms with Gasteiger partial charge in [-0.15, -0.1) is 0 Å². The fourth-order valence-electron chi connectivity index (χ4n) is 1.40. The Labute approximate surface area is 149 Å². The Hall–Kier alpha value is -2.40. The normalized spacial score (nSPS) is 12.1. The molecule has 0 aliphatic heterocycles. The Morgan fingerprint density at radius 1 is 1.11 bits per heavy atom. The molecule has 0 amide bonds. The second-order valence-corrected chi connectivity index (χ2v) is 6.13. The molecule has 0 spiro atoms. The van der Waals surface area contributed by atoms with E-state index in [1.165, 1.54) is 6.92 Å². The van der Waals surface area contributed by atoms with Crippen molar-refractivity contribution < 1.29 is 40.7 Å². The van der Waals surface area contributed by atoms with E-state index in [4.69, 9.17) is 0 Å². The van der Waals surface area contributed by atoms with Crippen molar-refractivity contribution in [1.82, 2.24) is 9.97 Å². The molecule has 0 fully saturated rings. The predicted octanol–water partition coefficient (Wildman–Crippen LogP) is 3.16. The molecule has 1 heterocycles. The molecular formula is C15H18F6N2O4. The molecule has 1 N–H and O–H groups in total. The van der Waals surface area contributed by atoms with E-state index >= 15 is 0 Å². The number of rotatable bonds is 3. The molecule has 0 atom stereocenters. The minimum Gasteiger partial charge on any atom is -0.466 e. The molecule has 6 nitrogen and oxygen atoms in total. The number of aromatic nitrogens is 2. The largest absolute Gasteiger partial charge is 0.466 e. The summed E-state index contributed by atoms with van der Waals surface area (Å²) in [5, 5.41) is 0. The molecular weight excluding hydrogens is 386 g/mol. The van der Waals surface area contributed by atoms with Crippen molar-refractivity contribution in [3.8, 4) is 0 Å². The molecule has 0 radical (unpaired) electrons. The summed E-state index contributed by atoms with van der Waals surface area (Å²) in [6, 6.07) is 0.454. The lowest BCUT2D eigenvalue weighted by atomic mass is 9.95. The van der Waals surface area contributed by atoms with Gasteiger partial charge in [0.05, 0.1) is 6.61 Å². The SMILES string of the molecule is CC(C)(C)c1nc(C(F)(F)F)cc(=O)[nH]1.CCOC(=O)CC(=O)C(F)(F)F. The summed E-state index contributed by atoms with van der Waals surface area (Å²) in [6.45, 7) is 6.42. The molecule has 12 heteroatoms. The zero-order valence-corrected chi connectivity index (χ0v) is 14.8. The van der Waals surface area contributed by atoms with Crippen LogP contribution in [0.3, 0.4) is 0 Å². The van der Waals surface area contributed by atoms with Crippen molar-refractivity contribution in [2.24, 2.45) is 0 Å². The van der Waals surface area contributed by atoms with Gasteiger partial charge in [-0.1, -0.05) is 20.8 Å². The summed E-state index contributed by atoms with van der Waals surface area (Å²) in [6.07, 6.45) is -10.8. The van der Waals surface area contributed by atoms with Crippen LogP contribution in [0, 0.1) is 0 Å². The van der Waals surface area contributed by atoms with Crippen molar-refractivity contribution in [2.45, 2.75) is 51.9 Å². The molecule has 0 saturated heterocycles. The van der Waals surface area contributed by atoms with Gasteiger partial charge in [-0.2, -0.15) is 26.3 Å². The Morgan fingerprint density at radius 3 is 2.00 bits per heavy atom. The fourth-order valence-corrected chi connectivity index (χ4v) is 1.40. The van der Waals surface area contributed by atoms with Crippen LogP contribution in [0.4, 0.5) is 26.3 Å². The third kappa shape index (κ3) is 9.20. The van der Waals surface area contributed by atoms with Gasteiger partial charge in [-0.3, -0.25) is 14.4 Å². The minimum absolute atomic E-state index is 0.0299. The van der Waals surface area contributed by atoms with Gasteiger partial charge in [0, 0.05) is 11.5 Å². The highest BCUT2D eigenvalue weighted by molar-refractivity contribution is 5.98. The Kier molecular flexibility index (Phi) is 8.20. The van der Waals surface area contributed by atoms with Crippen molar-refractivity contribution in [2.75, 3.05) is 6.61 Å². The van der Waals surface area contributed by atoms with Crippen molar-refractivity contribution >= 4 is 11.8 Å². The zero-order chi connectivity index (χ0) is 21.6. The molecule has 0 bridgehead atoms. The number of nitrogens with one attached hydrogen (secondary N) is 1. The second kappa shape index (κ2) is 9.00. The van der Waals surface area contributed by atoms with Gasteiger partial charge in [0.15, 0.2) is 5.69 Å².